The normalized spacial score (nSPS) is 16.9. The van der Waals surface area contributed by atoms with Crippen LogP contribution in [0.4, 0.5) is 0 Å². The lowest BCUT2D eigenvalue weighted by molar-refractivity contribution is -0.492. The summed E-state index contributed by atoms with van der Waals surface area (Å²) in [5.41, 5.74) is 2.73. The third-order valence-corrected chi connectivity index (χ3v) is 10.7. The third kappa shape index (κ3) is 15.9. The van der Waals surface area contributed by atoms with Crippen LogP contribution in [0.5, 0.6) is 17.2 Å². The van der Waals surface area contributed by atoms with Crippen LogP contribution in [0.1, 0.15) is 68.1 Å². The minimum Gasteiger partial charge on any atom is -0.496 e. The summed E-state index contributed by atoms with van der Waals surface area (Å²) in [5.74, 6) is 1.04. The first-order chi connectivity index (χ1) is 31.1. The SMILES string of the molecule is CCC(COC1CN(C(=O)CCCON(O)O)CC(OCc2cc(OC)c3ccccc3c2)C1c1ccc(OCCCOCc2ccccc2OC)cc1)OC(=O)CCCON(O)O. The van der Waals surface area contributed by atoms with Crippen molar-refractivity contribution in [1.82, 2.24) is 15.7 Å². The van der Waals surface area contributed by atoms with E-state index in [0.29, 0.717) is 44.2 Å². The summed E-state index contributed by atoms with van der Waals surface area (Å²) in [5, 5.41) is 36.6. The Bertz CT molecular complexity index is 2000. The monoisotopic (exact) mass is 895 g/mol. The zero-order chi connectivity index (χ0) is 45.7. The highest BCUT2D eigenvalue weighted by molar-refractivity contribution is 5.89. The van der Waals surface area contributed by atoms with Crippen LogP contribution in [-0.2, 0) is 51.4 Å². The molecule has 18 nitrogen and oxygen atoms in total. The van der Waals surface area contributed by atoms with Crippen LogP contribution in [0.25, 0.3) is 10.8 Å². The van der Waals surface area contributed by atoms with E-state index in [1.165, 1.54) is 0 Å². The van der Waals surface area contributed by atoms with E-state index in [-0.39, 0.29) is 76.5 Å². The van der Waals surface area contributed by atoms with E-state index >= 15 is 0 Å². The van der Waals surface area contributed by atoms with E-state index in [1.54, 1.807) is 19.1 Å². The molecule has 4 aromatic carbocycles. The number of hydrogen-bond donors (Lipinski definition) is 4. The van der Waals surface area contributed by atoms with Gasteiger partial charge in [0.15, 0.2) is 0 Å². The number of methoxy groups -OCH3 is 2. The Balaban J connectivity index is 1.33. The van der Waals surface area contributed by atoms with Crippen LogP contribution >= 0.6 is 0 Å². The summed E-state index contributed by atoms with van der Waals surface area (Å²) in [4.78, 5) is 37.4. The first-order valence-electron chi connectivity index (χ1n) is 21.4. The molecule has 0 spiro atoms. The van der Waals surface area contributed by atoms with Crippen LogP contribution in [0.3, 0.4) is 0 Å². The molecule has 0 saturated carbocycles. The van der Waals surface area contributed by atoms with Gasteiger partial charge in [-0.2, -0.15) is 0 Å². The van der Waals surface area contributed by atoms with Gasteiger partial charge in [0.25, 0.3) is 0 Å². The Morgan fingerprint density at radius 1 is 0.734 bits per heavy atom. The highest BCUT2D eigenvalue weighted by atomic mass is 17.1. The number of ether oxygens (including phenoxy) is 7. The van der Waals surface area contributed by atoms with Gasteiger partial charge in [0.2, 0.25) is 5.91 Å². The Morgan fingerprint density at radius 2 is 1.41 bits per heavy atom. The van der Waals surface area contributed by atoms with E-state index < -0.39 is 35.6 Å². The second-order valence-corrected chi connectivity index (χ2v) is 15.1. The van der Waals surface area contributed by atoms with Crippen molar-refractivity contribution in [2.24, 2.45) is 0 Å². The number of carbonyl (C=O) groups excluding carboxylic acids is 2. The van der Waals surface area contributed by atoms with Crippen molar-refractivity contribution in [1.29, 1.82) is 0 Å². The number of carbonyl (C=O) groups is 2. The summed E-state index contributed by atoms with van der Waals surface area (Å²) in [6, 6.07) is 27.3. The highest BCUT2D eigenvalue weighted by Gasteiger charge is 2.41. The molecule has 1 amide bonds. The average Bonchev–Trinajstić information content (AvgIpc) is 3.30. The average molecular weight is 896 g/mol. The number of benzene rings is 4. The number of likely N-dealkylation sites (tertiary alicyclic amines) is 1. The van der Waals surface area contributed by atoms with Crippen LogP contribution < -0.4 is 14.2 Å². The molecule has 0 aliphatic carbocycles. The first kappa shape index (κ1) is 50.0. The Morgan fingerprint density at radius 3 is 2.11 bits per heavy atom. The van der Waals surface area contributed by atoms with Crippen molar-refractivity contribution < 1.29 is 73.3 Å². The van der Waals surface area contributed by atoms with E-state index in [0.717, 1.165) is 33.2 Å². The van der Waals surface area contributed by atoms with E-state index in [9.17, 15) is 9.59 Å². The molecule has 4 aromatic rings. The topological polar surface area (TPSA) is 208 Å². The molecule has 0 aromatic heterocycles. The number of nitrogens with zero attached hydrogens (tertiary/aromatic N) is 3. The molecule has 350 valence electrons. The van der Waals surface area contributed by atoms with Crippen LogP contribution in [0.2, 0.25) is 0 Å². The maximum absolute atomic E-state index is 13.8. The molecule has 4 N–H and O–H groups in total. The predicted molar refractivity (Wildman–Crippen MR) is 229 cm³/mol. The van der Waals surface area contributed by atoms with E-state index in [4.69, 9.17) is 54.0 Å². The number of fused-ring (bicyclic) bond motifs is 1. The number of para-hydroxylation sites is 1. The van der Waals surface area contributed by atoms with Gasteiger partial charge in [-0.1, -0.05) is 61.5 Å². The van der Waals surface area contributed by atoms with Gasteiger partial charge in [-0.3, -0.25) is 40.1 Å². The standard InChI is InChI=1S/C46H61N3O15/c1-4-37(64-45(51)17-10-25-63-49(54)55)32-61-43-29-47(44(50)16-9-24-62-48(52)53)28-42(60-30-33-26-35-12-5-7-14-39(35)41(27-33)57-3)46(43)34-18-20-38(21-19-34)59-23-11-22-58-31-36-13-6-8-15-40(36)56-2/h5-8,12-15,18-21,26-27,37,42-43,46,52-55H,4,9-11,16-17,22-25,28-32H2,1-3H3. The number of amides is 1. The minimum atomic E-state index is -0.622. The van der Waals surface area contributed by atoms with Gasteiger partial charge >= 0.3 is 5.97 Å². The Hall–Kier alpha value is -4.96. The molecule has 1 heterocycles. The Labute approximate surface area is 373 Å². The van der Waals surface area contributed by atoms with Gasteiger partial charge in [0.05, 0.1) is 83.5 Å². The smallest absolute Gasteiger partial charge is 0.306 e. The molecule has 0 radical (unpaired) electrons. The fourth-order valence-corrected chi connectivity index (χ4v) is 7.45. The van der Waals surface area contributed by atoms with Crippen molar-refractivity contribution in [3.8, 4) is 17.2 Å². The number of rotatable bonds is 28. The predicted octanol–water partition coefficient (Wildman–Crippen LogP) is 6.65. The molecule has 4 atom stereocenters. The fraction of sp³-hybridized carbons (Fsp3) is 0.478. The van der Waals surface area contributed by atoms with E-state index in [2.05, 4.69) is 9.68 Å². The van der Waals surface area contributed by atoms with Gasteiger partial charge < -0.3 is 38.1 Å². The summed E-state index contributed by atoms with van der Waals surface area (Å²) < 4.78 is 42.2. The van der Waals surface area contributed by atoms with Gasteiger partial charge in [0, 0.05) is 49.2 Å². The maximum atomic E-state index is 13.8. The molecule has 1 aliphatic heterocycles. The fourth-order valence-electron chi connectivity index (χ4n) is 7.45. The quantitative estimate of drug-likeness (QED) is 0.0268. The lowest BCUT2D eigenvalue weighted by Gasteiger charge is -2.44. The molecular formula is C46H61N3O15. The first-order valence-corrected chi connectivity index (χ1v) is 21.4. The molecule has 64 heavy (non-hydrogen) atoms. The molecule has 1 fully saturated rings. The molecule has 5 rings (SSSR count). The minimum absolute atomic E-state index is 0.0213. The second-order valence-electron chi connectivity index (χ2n) is 15.1. The Kier molecular flexibility index (Phi) is 20.9. The van der Waals surface area contributed by atoms with Crippen LogP contribution in [0, 0.1) is 0 Å². The molecule has 0 bridgehead atoms. The van der Waals surface area contributed by atoms with Gasteiger partial charge in [-0.15, -0.1) is 0 Å². The second kappa shape index (κ2) is 26.7. The van der Waals surface area contributed by atoms with Gasteiger partial charge in [-0.25, -0.2) is 0 Å². The van der Waals surface area contributed by atoms with E-state index in [1.807, 2.05) is 91.9 Å². The zero-order valence-electron chi connectivity index (χ0n) is 36.6. The number of hydrogen-bond acceptors (Lipinski definition) is 17. The van der Waals surface area contributed by atoms with Gasteiger partial charge in [-0.05, 0) is 66.1 Å². The maximum Gasteiger partial charge on any atom is 0.306 e. The van der Waals surface area contributed by atoms with Crippen molar-refractivity contribution in [2.45, 2.75) is 82.9 Å². The molecule has 1 saturated heterocycles. The van der Waals surface area contributed by atoms with Crippen molar-refractivity contribution in [3.63, 3.8) is 0 Å². The van der Waals surface area contributed by atoms with Crippen molar-refractivity contribution in [2.75, 3.05) is 60.3 Å². The largest absolute Gasteiger partial charge is 0.496 e. The van der Waals surface area contributed by atoms with Crippen LogP contribution in [-0.4, -0.2) is 127 Å². The lowest BCUT2D eigenvalue weighted by Crippen LogP contribution is -2.55. The summed E-state index contributed by atoms with van der Waals surface area (Å²) in [6.07, 6.45) is -0.270. The molecular weight excluding hydrogens is 835 g/mol. The van der Waals surface area contributed by atoms with Crippen LogP contribution in [0.15, 0.2) is 84.9 Å². The number of piperidine rings is 1. The zero-order valence-corrected chi connectivity index (χ0v) is 36.6. The molecule has 4 unspecified atom stereocenters. The summed E-state index contributed by atoms with van der Waals surface area (Å²) in [7, 11) is 3.26. The van der Waals surface area contributed by atoms with Crippen molar-refractivity contribution >= 4 is 22.6 Å². The van der Waals surface area contributed by atoms with Crippen molar-refractivity contribution in [3.05, 3.63) is 102 Å². The van der Waals surface area contributed by atoms with Gasteiger partial charge in [0.1, 0.15) is 23.4 Å². The molecule has 1 aliphatic rings. The third-order valence-electron chi connectivity index (χ3n) is 10.7. The summed E-state index contributed by atoms with van der Waals surface area (Å²) in [6.45, 7) is 3.64. The lowest BCUT2D eigenvalue weighted by atomic mass is 9.84. The number of esters is 1. The summed E-state index contributed by atoms with van der Waals surface area (Å²) >= 11 is 0. The highest BCUT2D eigenvalue weighted by Crippen LogP contribution is 2.36. The molecule has 18 heteroatoms.